The first-order valence-electron chi connectivity index (χ1n) is 11.5. The van der Waals surface area contributed by atoms with Crippen molar-refractivity contribution in [3.05, 3.63) is 78.6 Å². The van der Waals surface area contributed by atoms with E-state index in [0.29, 0.717) is 29.6 Å². The number of hydrogen-bond acceptors (Lipinski definition) is 5. The van der Waals surface area contributed by atoms with Gasteiger partial charge >= 0.3 is 0 Å². The van der Waals surface area contributed by atoms with Crippen molar-refractivity contribution < 1.29 is 19.1 Å². The number of hydrogen-bond donors (Lipinski definition) is 2. The molecule has 4 aromatic rings. The number of anilines is 1. The third kappa shape index (κ3) is 5.97. The molecule has 1 aromatic heterocycles. The number of nitrogens with zero attached hydrogens (tertiary/aromatic N) is 2. The molecule has 4 rings (SSSR count). The maximum Gasteiger partial charge on any atom is 0.244 e. The van der Waals surface area contributed by atoms with Crippen molar-refractivity contribution in [3.63, 3.8) is 0 Å². The lowest BCUT2D eigenvalue weighted by molar-refractivity contribution is -0.119. The van der Waals surface area contributed by atoms with Gasteiger partial charge in [0.2, 0.25) is 11.8 Å². The molecule has 0 spiro atoms. The molecule has 0 aliphatic carbocycles. The van der Waals surface area contributed by atoms with Gasteiger partial charge < -0.3 is 24.7 Å². The Morgan fingerprint density at radius 3 is 2.23 bits per heavy atom. The van der Waals surface area contributed by atoms with Gasteiger partial charge in [0.15, 0.2) is 0 Å². The highest BCUT2D eigenvalue weighted by atomic mass is 16.5. The molecular weight excluding hydrogens is 444 g/mol. The minimum Gasteiger partial charge on any atom is -0.494 e. The van der Waals surface area contributed by atoms with Crippen LogP contribution < -0.4 is 20.1 Å². The van der Waals surface area contributed by atoms with Gasteiger partial charge in [0.05, 0.1) is 23.7 Å². The standard InChI is InChI=1S/C27H28N4O4/c1-4-34-21-13-15-23(16-14-21)35-22-11-9-20(10-12-22)29-26(33)17-31-25-8-6-5-7-24(25)30-27(31)18(2)28-19(3)32/h5-16,18H,4,17H2,1-3H3,(H,28,32)(H,29,33). The van der Waals surface area contributed by atoms with E-state index in [1.807, 2.05) is 66.9 Å². The molecule has 35 heavy (non-hydrogen) atoms. The highest BCUT2D eigenvalue weighted by molar-refractivity contribution is 5.91. The fourth-order valence-electron chi connectivity index (χ4n) is 3.82. The lowest BCUT2D eigenvalue weighted by Gasteiger charge is -2.15. The van der Waals surface area contributed by atoms with Gasteiger partial charge in [-0.3, -0.25) is 9.59 Å². The zero-order chi connectivity index (χ0) is 24.8. The SMILES string of the molecule is CCOc1ccc(Oc2ccc(NC(=O)Cn3c(C(C)NC(C)=O)nc4ccccc43)cc2)cc1. The van der Waals surface area contributed by atoms with E-state index in [1.165, 1.54) is 6.92 Å². The van der Waals surface area contributed by atoms with Crippen molar-refractivity contribution in [1.82, 2.24) is 14.9 Å². The second kappa shape index (κ2) is 10.7. The fraction of sp³-hybridized carbons (Fsp3) is 0.222. The summed E-state index contributed by atoms with van der Waals surface area (Å²) in [6.45, 7) is 5.91. The number of carbonyl (C=O) groups is 2. The second-order valence-corrected chi connectivity index (χ2v) is 8.05. The summed E-state index contributed by atoms with van der Waals surface area (Å²) in [5, 5.41) is 5.76. The minimum absolute atomic E-state index is 0.0597. The maximum absolute atomic E-state index is 12.9. The van der Waals surface area contributed by atoms with E-state index in [4.69, 9.17) is 9.47 Å². The molecule has 2 amide bonds. The molecule has 0 bridgehead atoms. The number of para-hydroxylation sites is 2. The molecule has 8 nitrogen and oxygen atoms in total. The molecule has 3 aromatic carbocycles. The van der Waals surface area contributed by atoms with Gasteiger partial charge in [-0.1, -0.05) is 12.1 Å². The number of ether oxygens (including phenoxy) is 2. The molecule has 1 atom stereocenters. The fourth-order valence-corrected chi connectivity index (χ4v) is 3.82. The van der Waals surface area contributed by atoms with E-state index in [9.17, 15) is 9.59 Å². The van der Waals surface area contributed by atoms with Gasteiger partial charge in [-0.2, -0.15) is 0 Å². The molecule has 8 heteroatoms. The van der Waals surface area contributed by atoms with Crippen LogP contribution in [0.15, 0.2) is 72.8 Å². The van der Waals surface area contributed by atoms with Crippen molar-refractivity contribution in [1.29, 1.82) is 0 Å². The lowest BCUT2D eigenvalue weighted by Crippen LogP contribution is -2.28. The summed E-state index contributed by atoms with van der Waals surface area (Å²) in [7, 11) is 0. The first-order valence-corrected chi connectivity index (χ1v) is 11.5. The summed E-state index contributed by atoms with van der Waals surface area (Å²) in [5.41, 5.74) is 2.24. The molecule has 0 fully saturated rings. The Kier molecular flexibility index (Phi) is 7.30. The Balaban J connectivity index is 1.43. The number of rotatable bonds is 9. The maximum atomic E-state index is 12.9. The van der Waals surface area contributed by atoms with Crippen LogP contribution in [0.3, 0.4) is 0 Å². The Morgan fingerprint density at radius 1 is 0.943 bits per heavy atom. The van der Waals surface area contributed by atoms with E-state index in [2.05, 4.69) is 15.6 Å². The number of imidazole rings is 1. The first kappa shape index (κ1) is 23.8. The molecule has 0 saturated carbocycles. The number of aromatic nitrogens is 2. The van der Waals surface area contributed by atoms with E-state index in [-0.39, 0.29) is 24.4 Å². The zero-order valence-corrected chi connectivity index (χ0v) is 19.9. The summed E-state index contributed by atoms with van der Waals surface area (Å²) in [5.74, 6) is 2.39. The highest BCUT2D eigenvalue weighted by Gasteiger charge is 2.19. The van der Waals surface area contributed by atoms with Crippen LogP contribution in [-0.4, -0.2) is 28.0 Å². The summed E-state index contributed by atoms with van der Waals surface area (Å²) < 4.78 is 13.1. The van der Waals surface area contributed by atoms with E-state index < -0.39 is 0 Å². The van der Waals surface area contributed by atoms with Crippen molar-refractivity contribution >= 4 is 28.5 Å². The van der Waals surface area contributed by atoms with Crippen LogP contribution in [0.5, 0.6) is 17.2 Å². The summed E-state index contributed by atoms with van der Waals surface area (Å²) >= 11 is 0. The van der Waals surface area contributed by atoms with Gasteiger partial charge in [-0.25, -0.2) is 4.98 Å². The smallest absolute Gasteiger partial charge is 0.244 e. The number of nitrogens with one attached hydrogen (secondary N) is 2. The largest absolute Gasteiger partial charge is 0.494 e. The van der Waals surface area contributed by atoms with Crippen LogP contribution in [0, 0.1) is 0 Å². The van der Waals surface area contributed by atoms with Gasteiger partial charge in [0.1, 0.15) is 29.6 Å². The summed E-state index contributed by atoms with van der Waals surface area (Å²) in [6.07, 6.45) is 0. The van der Waals surface area contributed by atoms with E-state index >= 15 is 0 Å². The average Bonchev–Trinajstić information content (AvgIpc) is 3.20. The number of benzene rings is 3. The van der Waals surface area contributed by atoms with Crippen LogP contribution >= 0.6 is 0 Å². The first-order chi connectivity index (χ1) is 16.9. The van der Waals surface area contributed by atoms with Crippen molar-refractivity contribution in [2.45, 2.75) is 33.4 Å². The topological polar surface area (TPSA) is 94.5 Å². The number of fused-ring (bicyclic) bond motifs is 1. The van der Waals surface area contributed by atoms with Gasteiger partial charge in [-0.15, -0.1) is 0 Å². The monoisotopic (exact) mass is 472 g/mol. The quantitative estimate of drug-likeness (QED) is 0.355. The van der Waals surface area contributed by atoms with Crippen LogP contribution in [0.4, 0.5) is 5.69 Å². The van der Waals surface area contributed by atoms with E-state index in [0.717, 1.165) is 16.8 Å². The molecule has 0 saturated heterocycles. The predicted octanol–water partition coefficient (Wildman–Crippen LogP) is 5.06. The van der Waals surface area contributed by atoms with Gasteiger partial charge in [0, 0.05) is 12.6 Å². The molecule has 2 N–H and O–H groups in total. The summed E-state index contributed by atoms with van der Waals surface area (Å²) in [4.78, 5) is 29.1. The summed E-state index contributed by atoms with van der Waals surface area (Å²) in [6, 6.07) is 21.8. The Morgan fingerprint density at radius 2 is 1.57 bits per heavy atom. The number of carbonyl (C=O) groups excluding carboxylic acids is 2. The molecular formula is C27H28N4O4. The van der Waals surface area contributed by atoms with Crippen LogP contribution in [0.1, 0.15) is 32.6 Å². The average molecular weight is 473 g/mol. The third-order valence-electron chi connectivity index (χ3n) is 5.30. The predicted molar refractivity (Wildman–Crippen MR) is 135 cm³/mol. The molecule has 0 radical (unpaired) electrons. The minimum atomic E-state index is -0.341. The molecule has 0 aliphatic heterocycles. The Hall–Kier alpha value is -4.33. The van der Waals surface area contributed by atoms with Crippen LogP contribution in [0.2, 0.25) is 0 Å². The van der Waals surface area contributed by atoms with Gasteiger partial charge in [0.25, 0.3) is 0 Å². The normalized spacial score (nSPS) is 11.6. The molecule has 1 unspecified atom stereocenters. The molecule has 180 valence electrons. The number of amides is 2. The Bertz CT molecular complexity index is 1310. The van der Waals surface area contributed by atoms with Crippen LogP contribution in [0.25, 0.3) is 11.0 Å². The third-order valence-corrected chi connectivity index (χ3v) is 5.30. The highest BCUT2D eigenvalue weighted by Crippen LogP contribution is 2.25. The Labute approximate surface area is 203 Å². The second-order valence-electron chi connectivity index (χ2n) is 8.05. The van der Waals surface area contributed by atoms with Crippen molar-refractivity contribution in [3.8, 4) is 17.2 Å². The molecule has 0 aliphatic rings. The van der Waals surface area contributed by atoms with Crippen LogP contribution in [-0.2, 0) is 16.1 Å². The lowest BCUT2D eigenvalue weighted by atomic mass is 10.2. The zero-order valence-electron chi connectivity index (χ0n) is 19.9. The van der Waals surface area contributed by atoms with Crippen molar-refractivity contribution in [2.75, 3.05) is 11.9 Å². The van der Waals surface area contributed by atoms with Crippen molar-refractivity contribution in [2.24, 2.45) is 0 Å². The van der Waals surface area contributed by atoms with E-state index in [1.54, 1.807) is 24.3 Å². The van der Waals surface area contributed by atoms with Gasteiger partial charge in [-0.05, 0) is 74.5 Å². The molecule has 1 heterocycles.